The standard InChI is InChI=1S/C11H13N5S/c1-7-5-10(16(2)15-7)17-8-3-4-9(11(12)13)14-6-8/h3-6H,1-2H3,(H3,12,13). The van der Waals surface area contributed by atoms with Crippen LogP contribution in [-0.2, 0) is 7.05 Å². The first-order valence-corrected chi connectivity index (χ1v) is 5.87. The van der Waals surface area contributed by atoms with E-state index in [1.54, 1.807) is 24.0 Å². The van der Waals surface area contributed by atoms with Crippen LogP contribution in [0.5, 0.6) is 0 Å². The number of pyridine rings is 1. The van der Waals surface area contributed by atoms with Gasteiger partial charge in [-0.15, -0.1) is 0 Å². The number of hydrogen-bond acceptors (Lipinski definition) is 4. The number of nitrogens with two attached hydrogens (primary N) is 1. The zero-order valence-corrected chi connectivity index (χ0v) is 10.5. The first kappa shape index (κ1) is 11.7. The zero-order chi connectivity index (χ0) is 12.4. The van der Waals surface area contributed by atoms with Gasteiger partial charge in [0.2, 0.25) is 0 Å². The number of hydrogen-bond donors (Lipinski definition) is 2. The normalized spacial score (nSPS) is 10.5. The van der Waals surface area contributed by atoms with E-state index in [0.29, 0.717) is 5.69 Å². The third kappa shape index (κ3) is 2.65. The predicted octanol–water partition coefficient (Wildman–Crippen LogP) is 1.56. The molecule has 2 rings (SSSR count). The maximum atomic E-state index is 7.26. The Hall–Kier alpha value is -1.82. The van der Waals surface area contributed by atoms with Crippen molar-refractivity contribution in [3.63, 3.8) is 0 Å². The van der Waals surface area contributed by atoms with Crippen LogP contribution in [-0.4, -0.2) is 20.6 Å². The highest BCUT2D eigenvalue weighted by Gasteiger charge is 2.05. The van der Waals surface area contributed by atoms with E-state index in [1.807, 2.05) is 30.8 Å². The number of nitrogen functional groups attached to an aromatic ring is 1. The van der Waals surface area contributed by atoms with E-state index >= 15 is 0 Å². The lowest BCUT2D eigenvalue weighted by Crippen LogP contribution is -2.12. The molecule has 0 saturated heterocycles. The number of amidine groups is 1. The second kappa shape index (κ2) is 4.58. The van der Waals surface area contributed by atoms with E-state index in [0.717, 1.165) is 15.6 Å². The van der Waals surface area contributed by atoms with Gasteiger partial charge in [0.05, 0.1) is 10.7 Å². The highest BCUT2D eigenvalue weighted by molar-refractivity contribution is 7.99. The zero-order valence-electron chi connectivity index (χ0n) is 9.64. The van der Waals surface area contributed by atoms with E-state index in [-0.39, 0.29) is 5.84 Å². The third-order valence-electron chi connectivity index (χ3n) is 2.19. The fraction of sp³-hybridized carbons (Fsp3) is 0.182. The first-order valence-electron chi connectivity index (χ1n) is 5.05. The van der Waals surface area contributed by atoms with Gasteiger partial charge in [0.15, 0.2) is 0 Å². The second-order valence-corrected chi connectivity index (χ2v) is 4.74. The van der Waals surface area contributed by atoms with Crippen LogP contribution in [0.15, 0.2) is 34.3 Å². The summed E-state index contributed by atoms with van der Waals surface area (Å²) in [5, 5.41) is 12.6. The fourth-order valence-corrected chi connectivity index (χ4v) is 2.29. The van der Waals surface area contributed by atoms with Crippen LogP contribution < -0.4 is 5.73 Å². The van der Waals surface area contributed by atoms with Crippen molar-refractivity contribution in [2.45, 2.75) is 16.8 Å². The Morgan fingerprint density at radius 2 is 2.24 bits per heavy atom. The van der Waals surface area contributed by atoms with Crippen molar-refractivity contribution >= 4 is 17.6 Å². The Balaban J connectivity index is 2.19. The molecule has 3 N–H and O–H groups in total. The fourth-order valence-electron chi connectivity index (χ4n) is 1.40. The number of nitrogens with zero attached hydrogens (tertiary/aromatic N) is 3. The lowest BCUT2D eigenvalue weighted by Gasteiger charge is -2.02. The maximum absolute atomic E-state index is 7.26. The van der Waals surface area contributed by atoms with Crippen molar-refractivity contribution in [2.24, 2.45) is 12.8 Å². The Morgan fingerprint density at radius 3 is 2.71 bits per heavy atom. The van der Waals surface area contributed by atoms with Gasteiger partial charge in [0.25, 0.3) is 0 Å². The first-order chi connectivity index (χ1) is 8.06. The molecule has 0 aliphatic carbocycles. The highest BCUT2D eigenvalue weighted by Crippen LogP contribution is 2.26. The number of aromatic nitrogens is 3. The van der Waals surface area contributed by atoms with E-state index in [9.17, 15) is 0 Å². The summed E-state index contributed by atoms with van der Waals surface area (Å²) in [4.78, 5) is 5.11. The molecule has 0 atom stereocenters. The molecular weight excluding hydrogens is 234 g/mol. The van der Waals surface area contributed by atoms with Crippen LogP contribution in [0.4, 0.5) is 0 Å². The summed E-state index contributed by atoms with van der Waals surface area (Å²) in [6.45, 7) is 1.96. The molecule has 2 aromatic rings. The minimum Gasteiger partial charge on any atom is -0.382 e. The second-order valence-electron chi connectivity index (χ2n) is 3.64. The molecule has 17 heavy (non-hydrogen) atoms. The third-order valence-corrected chi connectivity index (χ3v) is 3.26. The van der Waals surface area contributed by atoms with Crippen molar-refractivity contribution < 1.29 is 0 Å². The average Bonchev–Trinajstić information content (AvgIpc) is 2.58. The molecule has 0 amide bonds. The lowest BCUT2D eigenvalue weighted by molar-refractivity contribution is 0.692. The van der Waals surface area contributed by atoms with Crippen LogP contribution in [0.2, 0.25) is 0 Å². The van der Waals surface area contributed by atoms with Crippen molar-refractivity contribution in [1.82, 2.24) is 14.8 Å². The molecule has 2 aromatic heterocycles. The molecule has 88 valence electrons. The van der Waals surface area contributed by atoms with Gasteiger partial charge in [-0.3, -0.25) is 15.1 Å². The molecule has 0 radical (unpaired) electrons. The molecule has 0 fully saturated rings. The summed E-state index contributed by atoms with van der Waals surface area (Å²) < 4.78 is 1.83. The van der Waals surface area contributed by atoms with Gasteiger partial charge in [0.1, 0.15) is 11.5 Å². The minimum atomic E-state index is -0.0158. The summed E-state index contributed by atoms with van der Waals surface area (Å²) in [5.41, 5.74) is 6.83. The molecule has 0 unspecified atom stereocenters. The molecule has 2 heterocycles. The van der Waals surface area contributed by atoms with Crippen LogP contribution >= 0.6 is 11.8 Å². The lowest BCUT2D eigenvalue weighted by atomic mass is 10.3. The Labute approximate surface area is 104 Å². The summed E-state index contributed by atoms with van der Waals surface area (Å²) in [7, 11) is 1.91. The number of aryl methyl sites for hydroxylation is 2. The van der Waals surface area contributed by atoms with Crippen molar-refractivity contribution in [1.29, 1.82) is 5.41 Å². The highest BCUT2D eigenvalue weighted by atomic mass is 32.2. The molecule has 6 heteroatoms. The van der Waals surface area contributed by atoms with Gasteiger partial charge >= 0.3 is 0 Å². The number of nitrogens with one attached hydrogen (secondary N) is 1. The van der Waals surface area contributed by atoms with Crippen molar-refractivity contribution in [2.75, 3.05) is 0 Å². The molecule has 0 bridgehead atoms. The van der Waals surface area contributed by atoms with Crippen LogP contribution in [0, 0.1) is 12.3 Å². The average molecular weight is 247 g/mol. The molecule has 0 saturated carbocycles. The molecule has 0 aromatic carbocycles. The Morgan fingerprint density at radius 1 is 1.47 bits per heavy atom. The molecule has 0 spiro atoms. The smallest absolute Gasteiger partial charge is 0.141 e. The maximum Gasteiger partial charge on any atom is 0.141 e. The predicted molar refractivity (Wildman–Crippen MR) is 67.3 cm³/mol. The van der Waals surface area contributed by atoms with Crippen LogP contribution in [0.1, 0.15) is 11.4 Å². The van der Waals surface area contributed by atoms with Gasteiger partial charge in [-0.05, 0) is 25.1 Å². The molecule has 5 nitrogen and oxygen atoms in total. The van der Waals surface area contributed by atoms with Gasteiger partial charge in [-0.2, -0.15) is 5.10 Å². The van der Waals surface area contributed by atoms with Crippen molar-refractivity contribution in [3.8, 4) is 0 Å². The summed E-state index contributed by atoms with van der Waals surface area (Å²) >= 11 is 1.58. The summed E-state index contributed by atoms with van der Waals surface area (Å²) in [5.74, 6) is -0.0158. The van der Waals surface area contributed by atoms with Crippen molar-refractivity contribution in [3.05, 3.63) is 35.8 Å². The monoisotopic (exact) mass is 247 g/mol. The summed E-state index contributed by atoms with van der Waals surface area (Å²) in [6.07, 6.45) is 1.71. The van der Waals surface area contributed by atoms with Gasteiger partial charge in [-0.25, -0.2) is 0 Å². The quantitative estimate of drug-likeness (QED) is 0.637. The SMILES string of the molecule is Cc1cc(Sc2ccc(C(=N)N)nc2)n(C)n1. The minimum absolute atomic E-state index is 0.0158. The molecular formula is C11H13N5S. The largest absolute Gasteiger partial charge is 0.382 e. The Kier molecular flexibility index (Phi) is 3.14. The van der Waals surface area contributed by atoms with Crippen LogP contribution in [0.3, 0.4) is 0 Å². The summed E-state index contributed by atoms with van der Waals surface area (Å²) in [6, 6.07) is 5.66. The van der Waals surface area contributed by atoms with E-state index < -0.39 is 0 Å². The Bertz CT molecular complexity index is 543. The molecule has 0 aliphatic heterocycles. The topological polar surface area (TPSA) is 80.6 Å². The number of rotatable bonds is 3. The van der Waals surface area contributed by atoms with E-state index in [2.05, 4.69) is 10.1 Å². The van der Waals surface area contributed by atoms with Gasteiger partial charge < -0.3 is 5.73 Å². The van der Waals surface area contributed by atoms with E-state index in [4.69, 9.17) is 11.1 Å². The van der Waals surface area contributed by atoms with Gasteiger partial charge in [0, 0.05) is 18.1 Å². The van der Waals surface area contributed by atoms with Crippen LogP contribution in [0.25, 0.3) is 0 Å². The molecule has 0 aliphatic rings. The van der Waals surface area contributed by atoms with E-state index in [1.165, 1.54) is 0 Å². The van der Waals surface area contributed by atoms with Gasteiger partial charge in [-0.1, -0.05) is 11.8 Å².